The first-order chi connectivity index (χ1) is 34.5. The largest absolute Gasteiger partial charge is 0.372 e. The van der Waals surface area contributed by atoms with E-state index in [-0.39, 0.29) is 12.1 Å². The SMILES string of the molecule is CC(C)c1cccc(C(C)C)c1NC(c1cccc(-c2cccc3ccccc23)n1)c1ccc(Cc2ccc(C(Nc3c(C(C)C)cccc3C(C)C)c3cccc(-c4cccc5ccccc45)n3)s2)s1. The summed E-state index contributed by atoms with van der Waals surface area (Å²) >= 11 is 3.77. The van der Waals surface area contributed by atoms with Crippen LogP contribution in [0.4, 0.5) is 11.4 Å². The summed E-state index contributed by atoms with van der Waals surface area (Å²) < 4.78 is 0. The Morgan fingerprint density at radius 1 is 0.366 bits per heavy atom. The number of para-hydroxylation sites is 2. The Bertz CT molecular complexity index is 3170. The molecular formula is C65H64N4S2. The van der Waals surface area contributed by atoms with Crippen LogP contribution in [0.15, 0.2) is 182 Å². The third-order valence-electron chi connectivity index (χ3n) is 13.9. The molecule has 0 fully saturated rings. The van der Waals surface area contributed by atoms with Crippen LogP contribution < -0.4 is 10.6 Å². The molecule has 6 aromatic carbocycles. The van der Waals surface area contributed by atoms with Gasteiger partial charge in [-0.15, -0.1) is 22.7 Å². The minimum Gasteiger partial charge on any atom is -0.372 e. The number of rotatable bonds is 16. The van der Waals surface area contributed by atoms with E-state index < -0.39 is 0 Å². The van der Waals surface area contributed by atoms with Crippen molar-refractivity contribution in [3.05, 3.63) is 235 Å². The van der Waals surface area contributed by atoms with E-state index >= 15 is 0 Å². The lowest BCUT2D eigenvalue weighted by atomic mass is 9.92. The number of benzene rings is 6. The van der Waals surface area contributed by atoms with Gasteiger partial charge in [-0.25, -0.2) is 0 Å². The molecule has 6 heteroatoms. The van der Waals surface area contributed by atoms with E-state index in [9.17, 15) is 0 Å². The molecule has 0 aliphatic rings. The van der Waals surface area contributed by atoms with Gasteiger partial charge in [-0.1, -0.05) is 189 Å². The molecule has 2 unspecified atom stereocenters. The predicted molar refractivity (Wildman–Crippen MR) is 306 cm³/mol. The molecule has 0 spiro atoms. The third kappa shape index (κ3) is 10.1. The van der Waals surface area contributed by atoms with E-state index in [1.807, 2.05) is 22.7 Å². The Balaban J connectivity index is 1.03. The van der Waals surface area contributed by atoms with Gasteiger partial charge in [0.25, 0.3) is 0 Å². The highest BCUT2D eigenvalue weighted by Crippen LogP contribution is 2.42. The normalized spacial score (nSPS) is 12.7. The minimum atomic E-state index is -0.162. The van der Waals surface area contributed by atoms with Gasteiger partial charge in [0.15, 0.2) is 0 Å². The van der Waals surface area contributed by atoms with Gasteiger partial charge in [-0.3, -0.25) is 9.97 Å². The smallest absolute Gasteiger partial charge is 0.103 e. The van der Waals surface area contributed by atoms with Crippen molar-refractivity contribution in [1.82, 2.24) is 9.97 Å². The third-order valence-corrected chi connectivity index (χ3v) is 16.2. The lowest BCUT2D eigenvalue weighted by Gasteiger charge is -2.26. The fourth-order valence-corrected chi connectivity index (χ4v) is 12.5. The van der Waals surface area contributed by atoms with Crippen LogP contribution >= 0.6 is 22.7 Å². The van der Waals surface area contributed by atoms with E-state index in [4.69, 9.17) is 9.97 Å². The zero-order chi connectivity index (χ0) is 49.2. The molecule has 0 amide bonds. The van der Waals surface area contributed by atoms with Gasteiger partial charge in [0.1, 0.15) is 12.1 Å². The van der Waals surface area contributed by atoms with E-state index in [0.717, 1.165) is 40.3 Å². The van der Waals surface area contributed by atoms with Gasteiger partial charge in [-0.05, 0) is 116 Å². The van der Waals surface area contributed by atoms with Crippen molar-refractivity contribution in [1.29, 1.82) is 0 Å². The highest BCUT2D eigenvalue weighted by atomic mass is 32.1. The summed E-state index contributed by atoms with van der Waals surface area (Å²) in [6.07, 6.45) is 0.835. The van der Waals surface area contributed by atoms with E-state index in [2.05, 4.69) is 248 Å². The number of thiophene rings is 2. The fourth-order valence-electron chi connectivity index (χ4n) is 10.2. The number of pyridine rings is 2. The lowest BCUT2D eigenvalue weighted by Crippen LogP contribution is -2.16. The molecule has 4 aromatic heterocycles. The van der Waals surface area contributed by atoms with E-state index in [1.54, 1.807) is 0 Å². The first-order valence-electron chi connectivity index (χ1n) is 25.4. The summed E-state index contributed by atoms with van der Waals surface area (Å²) in [5.74, 6) is 1.40. The predicted octanol–water partition coefficient (Wildman–Crippen LogP) is 18.7. The number of fused-ring (bicyclic) bond motifs is 2. The van der Waals surface area contributed by atoms with Crippen LogP contribution in [0.25, 0.3) is 44.1 Å². The number of aromatic nitrogens is 2. The number of nitrogens with zero attached hydrogens (tertiary/aromatic N) is 2. The van der Waals surface area contributed by atoms with Crippen molar-refractivity contribution >= 4 is 55.6 Å². The number of hydrogen-bond acceptors (Lipinski definition) is 6. The zero-order valence-electron chi connectivity index (χ0n) is 42.2. The maximum atomic E-state index is 5.50. The molecule has 10 rings (SSSR count). The van der Waals surface area contributed by atoms with Crippen LogP contribution in [-0.2, 0) is 6.42 Å². The summed E-state index contributed by atoms with van der Waals surface area (Å²) in [4.78, 5) is 16.1. The Kier molecular flexibility index (Phi) is 14.0. The van der Waals surface area contributed by atoms with Gasteiger partial charge in [-0.2, -0.15) is 0 Å². The molecule has 0 aliphatic carbocycles. The van der Waals surface area contributed by atoms with Gasteiger partial charge in [0, 0.05) is 48.4 Å². The average molecular weight is 965 g/mol. The quantitative estimate of drug-likeness (QED) is 0.101. The highest BCUT2D eigenvalue weighted by molar-refractivity contribution is 7.13. The van der Waals surface area contributed by atoms with Crippen LogP contribution in [0.5, 0.6) is 0 Å². The van der Waals surface area contributed by atoms with Gasteiger partial charge in [0.05, 0.1) is 22.8 Å². The van der Waals surface area contributed by atoms with Gasteiger partial charge >= 0.3 is 0 Å². The molecule has 4 nitrogen and oxygen atoms in total. The first-order valence-corrected chi connectivity index (χ1v) is 27.0. The highest BCUT2D eigenvalue weighted by Gasteiger charge is 2.26. The molecule has 71 heavy (non-hydrogen) atoms. The Morgan fingerprint density at radius 2 is 0.718 bits per heavy atom. The Hall–Kier alpha value is -6.86. The second-order valence-electron chi connectivity index (χ2n) is 20.1. The molecule has 2 atom stereocenters. The second kappa shape index (κ2) is 20.8. The van der Waals surface area contributed by atoms with Crippen molar-refractivity contribution in [3.8, 4) is 22.5 Å². The molecular weight excluding hydrogens is 901 g/mol. The molecule has 0 saturated heterocycles. The number of hydrogen-bond donors (Lipinski definition) is 2. The minimum absolute atomic E-state index is 0.162. The molecule has 4 heterocycles. The van der Waals surface area contributed by atoms with Crippen molar-refractivity contribution < 1.29 is 0 Å². The van der Waals surface area contributed by atoms with Crippen LogP contribution in [0.1, 0.15) is 144 Å². The number of anilines is 2. The topological polar surface area (TPSA) is 49.8 Å². The lowest BCUT2D eigenvalue weighted by molar-refractivity contribution is 0.818. The van der Waals surface area contributed by atoms with Crippen molar-refractivity contribution in [3.63, 3.8) is 0 Å². The maximum absolute atomic E-state index is 5.50. The van der Waals surface area contributed by atoms with Crippen LogP contribution in [-0.4, -0.2) is 9.97 Å². The molecule has 0 aliphatic heterocycles. The number of nitrogens with one attached hydrogen (secondary N) is 2. The molecule has 356 valence electrons. The second-order valence-corrected chi connectivity index (χ2v) is 22.5. The fraction of sp³-hybridized carbons (Fsp3) is 0.231. The Morgan fingerprint density at radius 3 is 1.11 bits per heavy atom. The summed E-state index contributed by atoms with van der Waals surface area (Å²) in [5, 5.41) is 13.1. The molecule has 0 radical (unpaired) electrons. The zero-order valence-corrected chi connectivity index (χ0v) is 43.8. The van der Waals surface area contributed by atoms with Crippen molar-refractivity contribution in [2.75, 3.05) is 10.6 Å². The summed E-state index contributed by atoms with van der Waals surface area (Å²) in [5.41, 5.74) is 14.0. The summed E-state index contributed by atoms with van der Waals surface area (Å²) in [6.45, 7) is 18.3. The Labute approximate surface area is 428 Å². The molecule has 0 saturated carbocycles. The maximum Gasteiger partial charge on any atom is 0.103 e. The van der Waals surface area contributed by atoms with E-state index in [0.29, 0.717) is 23.7 Å². The summed E-state index contributed by atoms with van der Waals surface area (Å²) in [7, 11) is 0. The van der Waals surface area contributed by atoms with Crippen LogP contribution in [0, 0.1) is 0 Å². The van der Waals surface area contributed by atoms with Crippen molar-refractivity contribution in [2.24, 2.45) is 0 Å². The first kappa shape index (κ1) is 47.8. The van der Waals surface area contributed by atoms with Crippen molar-refractivity contribution in [2.45, 2.75) is 97.6 Å². The monoisotopic (exact) mass is 964 g/mol. The van der Waals surface area contributed by atoms with Gasteiger partial charge in [0.2, 0.25) is 0 Å². The average Bonchev–Trinajstić information content (AvgIpc) is 4.06. The van der Waals surface area contributed by atoms with Gasteiger partial charge < -0.3 is 10.6 Å². The molecule has 0 bridgehead atoms. The van der Waals surface area contributed by atoms with Crippen LogP contribution in [0.2, 0.25) is 0 Å². The summed E-state index contributed by atoms with van der Waals surface area (Å²) in [6, 6.07) is 65.9. The van der Waals surface area contributed by atoms with Crippen LogP contribution in [0.3, 0.4) is 0 Å². The van der Waals surface area contributed by atoms with E-state index in [1.165, 1.54) is 74.7 Å². The standard InChI is InChI=1S/C65H64N4S2/c1-40(2)48-25-15-26-49(41(3)4)62(48)68-64(58-33-17-31-56(66-58)54-29-13-21-44-19-9-11-23-52(44)54)60-37-35-46(70-60)39-47-36-38-61(71-47)65(69-63-50(42(5)6)27-16-28-51(63)43(7)8)59-34-18-32-57(67-59)55-30-14-22-45-20-10-12-24-53(45)55/h9-38,40-43,64-65,68-69H,39H2,1-8H3. The molecule has 10 aromatic rings. The molecule has 2 N–H and O–H groups in total.